The van der Waals surface area contributed by atoms with E-state index in [4.69, 9.17) is 0 Å². The maximum absolute atomic E-state index is 11.5. The Morgan fingerprint density at radius 2 is 2.46 bits per heavy atom. The van der Waals surface area contributed by atoms with E-state index in [-0.39, 0.29) is 5.78 Å². The highest BCUT2D eigenvalue weighted by molar-refractivity contribution is 7.08. The fourth-order valence-electron chi connectivity index (χ4n) is 1.04. The van der Waals surface area contributed by atoms with Gasteiger partial charge in [-0.15, -0.1) is 11.7 Å². The average Bonchev–Trinajstić information content (AvgIpc) is 2.54. The number of carbonyl (C=O) groups excluding carboxylic acids is 1. The monoisotopic (exact) mass is 196 g/mol. The SMILES string of the molecule is C=CCC(=O)c1snnc1CCC. The van der Waals surface area contributed by atoms with Gasteiger partial charge in [-0.25, -0.2) is 0 Å². The molecule has 0 fully saturated rings. The number of allylic oxidation sites excluding steroid dienone is 1. The summed E-state index contributed by atoms with van der Waals surface area (Å²) < 4.78 is 3.78. The summed E-state index contributed by atoms with van der Waals surface area (Å²) in [6.07, 6.45) is 3.80. The first-order valence-corrected chi connectivity index (χ1v) is 5.02. The molecule has 0 aliphatic carbocycles. The minimum atomic E-state index is 0.0773. The number of nitrogens with zero attached hydrogens (tertiary/aromatic N) is 2. The molecule has 0 aliphatic rings. The summed E-state index contributed by atoms with van der Waals surface area (Å²) in [6, 6.07) is 0. The summed E-state index contributed by atoms with van der Waals surface area (Å²) in [5.41, 5.74) is 0.833. The molecule has 0 N–H and O–H groups in total. The minimum absolute atomic E-state index is 0.0773. The van der Waals surface area contributed by atoms with Gasteiger partial charge in [0.15, 0.2) is 5.78 Å². The second-order valence-corrected chi connectivity index (χ2v) is 3.47. The molecule has 0 atom stereocenters. The predicted molar refractivity (Wildman–Crippen MR) is 53.0 cm³/mol. The van der Waals surface area contributed by atoms with Crippen LogP contribution in [0.3, 0.4) is 0 Å². The molecule has 0 unspecified atom stereocenters. The Hall–Kier alpha value is -1.03. The number of aryl methyl sites for hydroxylation is 1. The third kappa shape index (κ3) is 2.45. The smallest absolute Gasteiger partial charge is 0.180 e. The Labute approximate surface area is 81.6 Å². The van der Waals surface area contributed by atoms with Gasteiger partial charge in [0.2, 0.25) is 0 Å². The minimum Gasteiger partial charge on any atom is -0.293 e. The van der Waals surface area contributed by atoms with Gasteiger partial charge in [0, 0.05) is 6.42 Å². The maximum atomic E-state index is 11.5. The number of hydrogen-bond donors (Lipinski definition) is 0. The molecule has 0 bridgehead atoms. The lowest BCUT2D eigenvalue weighted by Gasteiger charge is -1.95. The largest absolute Gasteiger partial charge is 0.293 e. The van der Waals surface area contributed by atoms with Crippen LogP contribution < -0.4 is 0 Å². The molecule has 0 radical (unpaired) electrons. The summed E-state index contributed by atoms with van der Waals surface area (Å²) in [6.45, 7) is 5.59. The summed E-state index contributed by atoms with van der Waals surface area (Å²) in [5, 5.41) is 3.92. The van der Waals surface area contributed by atoms with Crippen LogP contribution in [0.2, 0.25) is 0 Å². The summed E-state index contributed by atoms with van der Waals surface area (Å²) in [4.78, 5) is 12.2. The van der Waals surface area contributed by atoms with Gasteiger partial charge in [-0.3, -0.25) is 4.79 Å². The third-order valence-electron chi connectivity index (χ3n) is 1.63. The Balaban J connectivity index is 2.80. The summed E-state index contributed by atoms with van der Waals surface area (Å²) in [5.74, 6) is 0.0773. The first-order valence-electron chi connectivity index (χ1n) is 4.25. The van der Waals surface area contributed by atoms with Crippen LogP contribution in [0.25, 0.3) is 0 Å². The molecule has 0 saturated heterocycles. The van der Waals surface area contributed by atoms with Crippen molar-refractivity contribution in [2.24, 2.45) is 0 Å². The van der Waals surface area contributed by atoms with E-state index in [0.29, 0.717) is 11.3 Å². The van der Waals surface area contributed by atoms with Crippen LogP contribution in [0.15, 0.2) is 12.7 Å². The molecule has 1 rings (SSSR count). The first kappa shape index (κ1) is 10.1. The van der Waals surface area contributed by atoms with Crippen molar-refractivity contribution in [2.75, 3.05) is 0 Å². The van der Waals surface area contributed by atoms with E-state index in [2.05, 4.69) is 23.1 Å². The summed E-state index contributed by atoms with van der Waals surface area (Å²) in [7, 11) is 0. The molecule has 0 spiro atoms. The van der Waals surface area contributed by atoms with Gasteiger partial charge in [0.1, 0.15) is 4.88 Å². The molecule has 1 aromatic heterocycles. The van der Waals surface area contributed by atoms with E-state index in [1.807, 2.05) is 0 Å². The number of ketones is 1. The topological polar surface area (TPSA) is 42.9 Å². The predicted octanol–water partition coefficient (Wildman–Crippen LogP) is 2.25. The van der Waals surface area contributed by atoms with Crippen molar-refractivity contribution in [1.82, 2.24) is 9.59 Å². The van der Waals surface area contributed by atoms with Gasteiger partial charge in [-0.1, -0.05) is 23.9 Å². The van der Waals surface area contributed by atoms with E-state index in [1.54, 1.807) is 6.08 Å². The van der Waals surface area contributed by atoms with Crippen molar-refractivity contribution >= 4 is 17.3 Å². The quantitative estimate of drug-likeness (QED) is 0.536. The maximum Gasteiger partial charge on any atom is 0.180 e. The Kier molecular flexibility index (Phi) is 3.76. The van der Waals surface area contributed by atoms with E-state index >= 15 is 0 Å². The number of aromatic nitrogens is 2. The molecule has 0 aliphatic heterocycles. The van der Waals surface area contributed by atoms with Gasteiger partial charge in [-0.2, -0.15) is 0 Å². The zero-order chi connectivity index (χ0) is 9.68. The molecule has 0 aromatic carbocycles. The van der Waals surface area contributed by atoms with E-state index < -0.39 is 0 Å². The van der Waals surface area contributed by atoms with Crippen LogP contribution in [0.5, 0.6) is 0 Å². The van der Waals surface area contributed by atoms with Crippen molar-refractivity contribution in [3.05, 3.63) is 23.2 Å². The van der Waals surface area contributed by atoms with Gasteiger partial charge in [-0.05, 0) is 18.0 Å². The van der Waals surface area contributed by atoms with Crippen LogP contribution >= 0.6 is 11.5 Å². The number of carbonyl (C=O) groups is 1. The number of Topliss-reactive ketones (excluding diaryl/α,β-unsaturated/α-hetero) is 1. The van der Waals surface area contributed by atoms with Crippen molar-refractivity contribution in [2.45, 2.75) is 26.2 Å². The van der Waals surface area contributed by atoms with Crippen molar-refractivity contribution in [3.63, 3.8) is 0 Å². The third-order valence-corrected chi connectivity index (χ3v) is 2.43. The molecule has 70 valence electrons. The molecule has 0 saturated carbocycles. The highest BCUT2D eigenvalue weighted by atomic mass is 32.1. The van der Waals surface area contributed by atoms with Gasteiger partial charge in [0.05, 0.1) is 5.69 Å². The van der Waals surface area contributed by atoms with Crippen molar-refractivity contribution in [1.29, 1.82) is 0 Å². The number of hydrogen-bond acceptors (Lipinski definition) is 4. The van der Waals surface area contributed by atoms with Crippen LogP contribution in [0.1, 0.15) is 35.1 Å². The molecular weight excluding hydrogens is 184 g/mol. The Morgan fingerprint density at radius 3 is 3.08 bits per heavy atom. The number of rotatable bonds is 5. The van der Waals surface area contributed by atoms with Crippen molar-refractivity contribution < 1.29 is 4.79 Å². The normalized spacial score (nSPS) is 9.92. The molecule has 4 heteroatoms. The second kappa shape index (κ2) is 4.87. The lowest BCUT2D eigenvalue weighted by molar-refractivity contribution is 0.0998. The zero-order valence-corrected chi connectivity index (χ0v) is 8.43. The highest BCUT2D eigenvalue weighted by Gasteiger charge is 2.13. The lowest BCUT2D eigenvalue weighted by atomic mass is 10.1. The molecule has 1 aromatic rings. The fraction of sp³-hybridized carbons (Fsp3) is 0.444. The molecular formula is C9H12N2OS. The van der Waals surface area contributed by atoms with Gasteiger partial charge in [0.25, 0.3) is 0 Å². The van der Waals surface area contributed by atoms with Crippen molar-refractivity contribution in [3.8, 4) is 0 Å². The summed E-state index contributed by atoms with van der Waals surface area (Å²) >= 11 is 1.18. The Bertz CT molecular complexity index is 306. The standard InChI is InChI=1S/C9H12N2OS/c1-3-5-7-9(13-11-10-7)8(12)6-4-2/h4H,2-3,5-6H2,1H3. The second-order valence-electron chi connectivity index (χ2n) is 2.71. The van der Waals surface area contributed by atoms with Gasteiger partial charge >= 0.3 is 0 Å². The van der Waals surface area contributed by atoms with Crippen LogP contribution in [0.4, 0.5) is 0 Å². The highest BCUT2D eigenvalue weighted by Crippen LogP contribution is 2.14. The van der Waals surface area contributed by atoms with E-state index in [9.17, 15) is 4.79 Å². The Morgan fingerprint density at radius 1 is 1.69 bits per heavy atom. The van der Waals surface area contributed by atoms with Crippen LogP contribution in [-0.2, 0) is 6.42 Å². The zero-order valence-electron chi connectivity index (χ0n) is 7.62. The van der Waals surface area contributed by atoms with Crippen LogP contribution in [-0.4, -0.2) is 15.4 Å². The average molecular weight is 196 g/mol. The molecule has 0 amide bonds. The first-order chi connectivity index (χ1) is 6.29. The fourth-order valence-corrected chi connectivity index (χ4v) is 1.70. The van der Waals surface area contributed by atoms with Crippen LogP contribution in [0, 0.1) is 0 Å². The van der Waals surface area contributed by atoms with E-state index in [0.717, 1.165) is 18.5 Å². The molecule has 3 nitrogen and oxygen atoms in total. The van der Waals surface area contributed by atoms with Gasteiger partial charge < -0.3 is 0 Å². The molecule has 1 heterocycles. The van der Waals surface area contributed by atoms with E-state index in [1.165, 1.54) is 11.5 Å². The lowest BCUT2D eigenvalue weighted by Crippen LogP contribution is -1.99. The molecule has 13 heavy (non-hydrogen) atoms.